The minimum atomic E-state index is -0.331. The molecular formula is C19H30N2O. The molecule has 3 nitrogen and oxygen atoms in total. The van der Waals surface area contributed by atoms with E-state index in [2.05, 4.69) is 25.1 Å². The van der Waals surface area contributed by atoms with E-state index in [1.807, 2.05) is 25.7 Å². The summed E-state index contributed by atoms with van der Waals surface area (Å²) in [5.41, 5.74) is 9.55. The van der Waals surface area contributed by atoms with Gasteiger partial charge in [0.1, 0.15) is 0 Å². The maximum Gasteiger partial charge on any atom is 0.232 e. The van der Waals surface area contributed by atoms with E-state index in [-0.39, 0.29) is 17.4 Å². The minimum absolute atomic E-state index is 0.207. The normalized spacial score (nSPS) is 15.8. The van der Waals surface area contributed by atoms with E-state index < -0.39 is 0 Å². The number of fused-ring (bicyclic) bond motifs is 1. The summed E-state index contributed by atoms with van der Waals surface area (Å²) in [6, 6.07) is 6.73. The zero-order chi connectivity index (χ0) is 16.3. The molecule has 1 amide bonds. The van der Waals surface area contributed by atoms with Crippen LogP contribution in [0.4, 0.5) is 5.69 Å². The highest BCUT2D eigenvalue weighted by atomic mass is 16.2. The molecule has 1 heterocycles. The van der Waals surface area contributed by atoms with Crippen LogP contribution in [0.2, 0.25) is 0 Å². The van der Waals surface area contributed by atoms with Gasteiger partial charge in [0.2, 0.25) is 5.91 Å². The molecule has 0 aromatic heterocycles. The third kappa shape index (κ3) is 3.89. The Balaban J connectivity index is 2.09. The van der Waals surface area contributed by atoms with Crippen LogP contribution in [0, 0.1) is 5.41 Å². The van der Waals surface area contributed by atoms with Crippen molar-refractivity contribution in [3.8, 4) is 0 Å². The van der Waals surface area contributed by atoms with E-state index in [0.717, 1.165) is 31.5 Å². The molecule has 1 atom stereocenters. The van der Waals surface area contributed by atoms with Gasteiger partial charge in [-0.2, -0.15) is 0 Å². The summed E-state index contributed by atoms with van der Waals surface area (Å²) in [5.74, 6) is 0.207. The lowest BCUT2D eigenvalue weighted by molar-refractivity contribution is -0.125. The Morgan fingerprint density at radius 3 is 2.73 bits per heavy atom. The summed E-state index contributed by atoms with van der Waals surface area (Å²) in [5, 5.41) is 0. The van der Waals surface area contributed by atoms with Crippen molar-refractivity contribution in [2.24, 2.45) is 11.1 Å². The number of benzene rings is 1. The summed E-state index contributed by atoms with van der Waals surface area (Å²) in [4.78, 5) is 14.5. The molecule has 0 spiro atoms. The van der Waals surface area contributed by atoms with Crippen molar-refractivity contribution in [1.82, 2.24) is 0 Å². The number of rotatable bonds is 5. The smallest absolute Gasteiger partial charge is 0.232 e. The number of unbranched alkanes of at least 4 members (excludes halogenated alkanes) is 1. The standard InChI is InChI=1S/C19H30N2O/c1-5-6-7-16(20)13-14-8-9-17-15(12-14)10-11-21(17)18(22)19(2,3)4/h8-9,12,16H,5-7,10-11,13,20H2,1-4H3. The van der Waals surface area contributed by atoms with Crippen LogP contribution >= 0.6 is 0 Å². The fourth-order valence-electron chi connectivity index (χ4n) is 3.07. The molecule has 0 saturated heterocycles. The van der Waals surface area contributed by atoms with Crippen LogP contribution < -0.4 is 10.6 Å². The van der Waals surface area contributed by atoms with Gasteiger partial charge < -0.3 is 10.6 Å². The van der Waals surface area contributed by atoms with Crippen molar-refractivity contribution >= 4 is 11.6 Å². The van der Waals surface area contributed by atoms with E-state index in [9.17, 15) is 4.79 Å². The van der Waals surface area contributed by atoms with Crippen LogP contribution in [-0.2, 0) is 17.6 Å². The Hall–Kier alpha value is -1.35. The molecular weight excluding hydrogens is 272 g/mol. The number of nitrogens with zero attached hydrogens (tertiary/aromatic N) is 1. The van der Waals surface area contributed by atoms with Crippen molar-refractivity contribution in [1.29, 1.82) is 0 Å². The molecule has 1 aliphatic heterocycles. The molecule has 1 aromatic carbocycles. The van der Waals surface area contributed by atoms with Crippen molar-refractivity contribution in [3.63, 3.8) is 0 Å². The Labute approximate surface area is 134 Å². The number of carbonyl (C=O) groups excluding carboxylic acids is 1. The zero-order valence-corrected chi connectivity index (χ0v) is 14.5. The quantitative estimate of drug-likeness (QED) is 0.902. The van der Waals surface area contributed by atoms with Gasteiger partial charge in [0.25, 0.3) is 0 Å². The van der Waals surface area contributed by atoms with Crippen molar-refractivity contribution in [2.45, 2.75) is 65.8 Å². The summed E-state index contributed by atoms with van der Waals surface area (Å²) in [6.45, 7) is 8.94. The van der Waals surface area contributed by atoms with E-state index in [4.69, 9.17) is 5.73 Å². The molecule has 0 radical (unpaired) electrons. The number of hydrogen-bond donors (Lipinski definition) is 1. The van der Waals surface area contributed by atoms with Gasteiger partial charge in [0.15, 0.2) is 0 Å². The first-order chi connectivity index (χ1) is 10.3. The molecule has 22 heavy (non-hydrogen) atoms. The molecule has 1 unspecified atom stereocenters. The Morgan fingerprint density at radius 1 is 1.36 bits per heavy atom. The number of anilines is 1. The van der Waals surface area contributed by atoms with Crippen LogP contribution in [-0.4, -0.2) is 18.5 Å². The molecule has 122 valence electrons. The first-order valence-electron chi connectivity index (χ1n) is 8.52. The lowest BCUT2D eigenvalue weighted by Gasteiger charge is -2.26. The highest BCUT2D eigenvalue weighted by Gasteiger charge is 2.32. The summed E-state index contributed by atoms with van der Waals surface area (Å²) < 4.78 is 0. The Morgan fingerprint density at radius 2 is 2.09 bits per heavy atom. The van der Waals surface area contributed by atoms with Crippen LogP contribution in [0.3, 0.4) is 0 Å². The van der Waals surface area contributed by atoms with Crippen LogP contribution in [0.25, 0.3) is 0 Å². The fraction of sp³-hybridized carbons (Fsp3) is 0.632. The highest BCUT2D eigenvalue weighted by Crippen LogP contribution is 2.32. The molecule has 0 bridgehead atoms. The largest absolute Gasteiger partial charge is 0.327 e. The minimum Gasteiger partial charge on any atom is -0.327 e. The van der Waals surface area contributed by atoms with E-state index >= 15 is 0 Å². The van der Waals surface area contributed by atoms with Gasteiger partial charge in [0, 0.05) is 23.7 Å². The fourth-order valence-corrected chi connectivity index (χ4v) is 3.07. The van der Waals surface area contributed by atoms with Gasteiger partial charge in [-0.1, -0.05) is 52.7 Å². The summed E-state index contributed by atoms with van der Waals surface area (Å²) in [7, 11) is 0. The maximum absolute atomic E-state index is 12.5. The SMILES string of the molecule is CCCCC(N)Cc1ccc2c(c1)CCN2C(=O)C(C)(C)C. The predicted octanol–water partition coefficient (Wildman–Crippen LogP) is 3.68. The first kappa shape index (κ1) is 17.0. The van der Waals surface area contributed by atoms with Gasteiger partial charge in [0.05, 0.1) is 0 Å². The van der Waals surface area contributed by atoms with Gasteiger partial charge in [-0.15, -0.1) is 0 Å². The molecule has 0 fully saturated rings. The molecule has 1 aromatic rings. The van der Waals surface area contributed by atoms with E-state index in [1.165, 1.54) is 24.0 Å². The average molecular weight is 302 g/mol. The average Bonchev–Trinajstić information content (AvgIpc) is 2.86. The second-order valence-electron chi connectivity index (χ2n) is 7.53. The van der Waals surface area contributed by atoms with Gasteiger partial charge in [-0.25, -0.2) is 0 Å². The van der Waals surface area contributed by atoms with Crippen LogP contribution in [0.5, 0.6) is 0 Å². The maximum atomic E-state index is 12.5. The van der Waals surface area contributed by atoms with Crippen LogP contribution in [0.15, 0.2) is 18.2 Å². The third-order valence-electron chi connectivity index (χ3n) is 4.35. The summed E-state index contributed by atoms with van der Waals surface area (Å²) >= 11 is 0. The first-order valence-corrected chi connectivity index (χ1v) is 8.52. The van der Waals surface area contributed by atoms with Gasteiger partial charge in [-0.05, 0) is 36.5 Å². The van der Waals surface area contributed by atoms with Crippen molar-refractivity contribution in [2.75, 3.05) is 11.4 Å². The number of amides is 1. The van der Waals surface area contributed by atoms with Crippen molar-refractivity contribution in [3.05, 3.63) is 29.3 Å². The Kier molecular flexibility index (Phi) is 5.28. The summed E-state index contributed by atoms with van der Waals surface area (Å²) in [6.07, 6.45) is 5.36. The van der Waals surface area contributed by atoms with Gasteiger partial charge in [-0.3, -0.25) is 4.79 Å². The molecule has 2 rings (SSSR count). The second kappa shape index (κ2) is 6.82. The second-order valence-corrected chi connectivity index (χ2v) is 7.53. The van der Waals surface area contributed by atoms with E-state index in [0.29, 0.717) is 0 Å². The van der Waals surface area contributed by atoms with Crippen molar-refractivity contribution < 1.29 is 4.79 Å². The predicted molar refractivity (Wildman–Crippen MR) is 93.2 cm³/mol. The topological polar surface area (TPSA) is 46.3 Å². The number of nitrogens with two attached hydrogens (primary N) is 1. The molecule has 1 aliphatic rings. The molecule has 3 heteroatoms. The third-order valence-corrected chi connectivity index (χ3v) is 4.35. The number of carbonyl (C=O) groups is 1. The lowest BCUT2D eigenvalue weighted by Crippen LogP contribution is -2.38. The molecule has 2 N–H and O–H groups in total. The van der Waals surface area contributed by atoms with Gasteiger partial charge >= 0.3 is 0 Å². The lowest BCUT2D eigenvalue weighted by atomic mass is 9.94. The van der Waals surface area contributed by atoms with Crippen LogP contribution in [0.1, 0.15) is 58.1 Å². The Bertz CT molecular complexity index is 531. The zero-order valence-electron chi connectivity index (χ0n) is 14.5. The monoisotopic (exact) mass is 302 g/mol. The highest BCUT2D eigenvalue weighted by molar-refractivity contribution is 5.98. The number of hydrogen-bond acceptors (Lipinski definition) is 2. The molecule has 0 aliphatic carbocycles. The van der Waals surface area contributed by atoms with E-state index in [1.54, 1.807) is 0 Å². The molecule has 0 saturated carbocycles.